The Balaban J connectivity index is 1.36. The third-order valence-electron chi connectivity index (χ3n) is 6.21. The maximum absolute atomic E-state index is 13.0. The largest absolute Gasteiger partial charge is 0.494 e. The van der Waals surface area contributed by atoms with Gasteiger partial charge >= 0.3 is 0 Å². The van der Waals surface area contributed by atoms with Crippen molar-refractivity contribution in [2.24, 2.45) is 0 Å². The van der Waals surface area contributed by atoms with Crippen LogP contribution >= 0.6 is 0 Å². The van der Waals surface area contributed by atoms with E-state index in [2.05, 4.69) is 0 Å². The van der Waals surface area contributed by atoms with E-state index in [0.29, 0.717) is 26.1 Å². The summed E-state index contributed by atoms with van der Waals surface area (Å²) in [4.78, 5) is 19.6. The molecule has 0 spiro atoms. The number of nitrogens with zero attached hydrogens (tertiary/aromatic N) is 3. The average Bonchev–Trinajstić information content (AvgIpc) is 3.45. The molecule has 3 aromatic carbocycles. The monoisotopic (exact) mass is 471 g/mol. The Morgan fingerprint density at radius 3 is 2.46 bits per heavy atom. The molecule has 0 radical (unpaired) electrons. The molecule has 180 valence electrons. The van der Waals surface area contributed by atoms with Gasteiger partial charge in [0.2, 0.25) is 5.91 Å². The first-order valence-corrected chi connectivity index (χ1v) is 12.0. The predicted molar refractivity (Wildman–Crippen MR) is 135 cm³/mol. The van der Waals surface area contributed by atoms with Crippen LogP contribution in [0.1, 0.15) is 25.1 Å². The second-order valence-electron chi connectivity index (χ2n) is 8.68. The number of fused-ring (bicyclic) bond motifs is 1. The number of hydrogen-bond donors (Lipinski definition) is 1. The van der Waals surface area contributed by atoms with Gasteiger partial charge in [0.05, 0.1) is 24.2 Å². The van der Waals surface area contributed by atoms with Gasteiger partial charge in [0, 0.05) is 24.6 Å². The van der Waals surface area contributed by atoms with Gasteiger partial charge in [0.25, 0.3) is 0 Å². The summed E-state index contributed by atoms with van der Waals surface area (Å²) in [5.41, 5.74) is 2.64. The molecule has 2 atom stereocenters. The number of benzene rings is 3. The highest BCUT2D eigenvalue weighted by Gasteiger charge is 2.35. The highest BCUT2D eigenvalue weighted by atomic mass is 16.5. The van der Waals surface area contributed by atoms with Crippen LogP contribution < -0.4 is 14.4 Å². The van der Waals surface area contributed by atoms with Crippen molar-refractivity contribution in [2.75, 3.05) is 24.7 Å². The SMILES string of the molecule is CCOc1ccc(N2C[C@H](c3nc4ccccc4n3C[C@H](O)COc3ccccc3)CC2=O)cc1. The van der Waals surface area contributed by atoms with Gasteiger partial charge in [-0.2, -0.15) is 0 Å². The molecule has 1 N–H and O–H groups in total. The van der Waals surface area contributed by atoms with Gasteiger partial charge in [0.1, 0.15) is 30.0 Å². The van der Waals surface area contributed by atoms with Crippen molar-refractivity contribution in [3.8, 4) is 11.5 Å². The Labute approximate surface area is 204 Å². The Morgan fingerprint density at radius 1 is 0.971 bits per heavy atom. The molecular formula is C28H29N3O4. The minimum atomic E-state index is -0.731. The molecule has 1 fully saturated rings. The summed E-state index contributed by atoms with van der Waals surface area (Å²) in [6, 6.07) is 24.9. The number of aliphatic hydroxyl groups excluding tert-OH is 1. The number of hydrogen-bond acceptors (Lipinski definition) is 5. The summed E-state index contributed by atoms with van der Waals surface area (Å²) in [7, 11) is 0. The number of carbonyl (C=O) groups excluding carboxylic acids is 1. The zero-order valence-electron chi connectivity index (χ0n) is 19.7. The van der Waals surface area contributed by atoms with Crippen LogP contribution in [-0.4, -0.2) is 46.4 Å². The normalized spacial score (nSPS) is 16.6. The third-order valence-corrected chi connectivity index (χ3v) is 6.21. The van der Waals surface area contributed by atoms with Gasteiger partial charge in [0.15, 0.2) is 0 Å². The highest BCUT2D eigenvalue weighted by Crippen LogP contribution is 2.34. The lowest BCUT2D eigenvalue weighted by Gasteiger charge is -2.19. The fraction of sp³-hybridized carbons (Fsp3) is 0.286. The fourth-order valence-corrected chi connectivity index (χ4v) is 4.59. The van der Waals surface area contributed by atoms with Gasteiger partial charge in [-0.05, 0) is 55.5 Å². The molecule has 1 aliphatic heterocycles. The first kappa shape index (κ1) is 22.9. The third kappa shape index (κ3) is 5.00. The molecule has 1 saturated heterocycles. The zero-order chi connectivity index (χ0) is 24.2. The minimum absolute atomic E-state index is 0.0609. The molecule has 0 unspecified atom stereocenters. The van der Waals surface area contributed by atoms with Crippen LogP contribution in [0.2, 0.25) is 0 Å². The first-order valence-electron chi connectivity index (χ1n) is 12.0. The number of amides is 1. The lowest BCUT2D eigenvalue weighted by Crippen LogP contribution is -2.26. The summed E-state index contributed by atoms with van der Waals surface area (Å²) < 4.78 is 13.3. The van der Waals surface area contributed by atoms with E-state index >= 15 is 0 Å². The topological polar surface area (TPSA) is 76.8 Å². The molecule has 4 aromatic rings. The smallest absolute Gasteiger partial charge is 0.227 e. The second kappa shape index (κ2) is 10.2. The van der Waals surface area contributed by atoms with Crippen molar-refractivity contribution in [1.82, 2.24) is 9.55 Å². The van der Waals surface area contributed by atoms with Crippen molar-refractivity contribution < 1.29 is 19.4 Å². The number of anilines is 1. The Hall–Kier alpha value is -3.84. The first-order chi connectivity index (χ1) is 17.1. The Morgan fingerprint density at radius 2 is 1.69 bits per heavy atom. The number of carbonyl (C=O) groups is 1. The molecule has 0 saturated carbocycles. The number of imidazole rings is 1. The minimum Gasteiger partial charge on any atom is -0.494 e. The van der Waals surface area contributed by atoms with E-state index in [1.54, 1.807) is 4.90 Å². The van der Waals surface area contributed by atoms with Gasteiger partial charge < -0.3 is 24.0 Å². The molecule has 2 heterocycles. The second-order valence-corrected chi connectivity index (χ2v) is 8.68. The van der Waals surface area contributed by atoms with E-state index < -0.39 is 6.10 Å². The number of aromatic nitrogens is 2. The molecule has 7 nitrogen and oxygen atoms in total. The Kier molecular flexibility index (Phi) is 6.68. The van der Waals surface area contributed by atoms with Crippen molar-refractivity contribution in [1.29, 1.82) is 0 Å². The molecule has 35 heavy (non-hydrogen) atoms. The lowest BCUT2D eigenvalue weighted by molar-refractivity contribution is -0.117. The van der Waals surface area contributed by atoms with Crippen molar-refractivity contribution in [3.63, 3.8) is 0 Å². The molecule has 5 rings (SSSR count). The van der Waals surface area contributed by atoms with Crippen LogP contribution in [0, 0.1) is 0 Å². The van der Waals surface area contributed by atoms with Gasteiger partial charge in [-0.15, -0.1) is 0 Å². The van der Waals surface area contributed by atoms with Gasteiger partial charge in [-0.25, -0.2) is 4.98 Å². The van der Waals surface area contributed by atoms with Crippen LogP contribution in [0.5, 0.6) is 11.5 Å². The lowest BCUT2D eigenvalue weighted by atomic mass is 10.1. The van der Waals surface area contributed by atoms with Gasteiger partial charge in [-0.1, -0.05) is 30.3 Å². The van der Waals surface area contributed by atoms with E-state index in [1.165, 1.54) is 0 Å². The van der Waals surface area contributed by atoms with E-state index in [-0.39, 0.29) is 18.4 Å². The van der Waals surface area contributed by atoms with Crippen molar-refractivity contribution in [2.45, 2.75) is 31.9 Å². The Bertz CT molecular complexity index is 1290. The zero-order valence-corrected chi connectivity index (χ0v) is 19.7. The van der Waals surface area contributed by atoms with Crippen LogP contribution in [-0.2, 0) is 11.3 Å². The predicted octanol–water partition coefficient (Wildman–Crippen LogP) is 4.40. The number of rotatable bonds is 9. The fourth-order valence-electron chi connectivity index (χ4n) is 4.59. The van der Waals surface area contributed by atoms with Crippen LogP contribution in [0.4, 0.5) is 5.69 Å². The molecular weight excluding hydrogens is 442 g/mol. The maximum atomic E-state index is 13.0. The average molecular weight is 472 g/mol. The van der Waals surface area contributed by atoms with E-state index in [1.807, 2.05) is 90.4 Å². The van der Waals surface area contributed by atoms with Crippen LogP contribution in [0.3, 0.4) is 0 Å². The van der Waals surface area contributed by atoms with E-state index in [4.69, 9.17) is 14.5 Å². The maximum Gasteiger partial charge on any atom is 0.227 e. The standard InChI is InChI=1S/C28H29N3O4/c1-2-34-24-14-12-21(13-15-24)30-17-20(16-27(30)33)28-29-25-10-6-7-11-26(25)31(28)18-22(32)19-35-23-8-4-3-5-9-23/h3-15,20,22,32H,2,16-19H2,1H3/t20-,22+/m1/s1. The summed E-state index contributed by atoms with van der Waals surface area (Å²) in [6.45, 7) is 3.57. The quantitative estimate of drug-likeness (QED) is 0.392. The number of ether oxygens (including phenoxy) is 2. The number of aliphatic hydroxyl groups is 1. The number of para-hydroxylation sites is 3. The summed E-state index contributed by atoms with van der Waals surface area (Å²) in [6.07, 6.45) is -0.362. The molecule has 0 bridgehead atoms. The van der Waals surface area contributed by atoms with Crippen LogP contribution in [0.25, 0.3) is 11.0 Å². The summed E-state index contributed by atoms with van der Waals surface area (Å²) >= 11 is 0. The highest BCUT2D eigenvalue weighted by molar-refractivity contribution is 5.96. The molecule has 1 aromatic heterocycles. The molecule has 7 heteroatoms. The summed E-state index contributed by atoms with van der Waals surface area (Å²) in [5.74, 6) is 2.30. The van der Waals surface area contributed by atoms with E-state index in [0.717, 1.165) is 34.0 Å². The molecule has 1 amide bonds. The van der Waals surface area contributed by atoms with Gasteiger partial charge in [-0.3, -0.25) is 4.79 Å². The molecule has 0 aliphatic carbocycles. The molecule has 1 aliphatic rings. The van der Waals surface area contributed by atoms with Crippen molar-refractivity contribution in [3.05, 3.63) is 84.7 Å². The van der Waals surface area contributed by atoms with Crippen molar-refractivity contribution >= 4 is 22.6 Å². The van der Waals surface area contributed by atoms with E-state index in [9.17, 15) is 9.90 Å². The van der Waals surface area contributed by atoms with Crippen LogP contribution in [0.15, 0.2) is 78.9 Å². The summed E-state index contributed by atoms with van der Waals surface area (Å²) in [5, 5.41) is 10.8.